The van der Waals surface area contributed by atoms with Crippen molar-refractivity contribution in [3.05, 3.63) is 23.7 Å². The fraction of sp³-hybridized carbons (Fsp3) is 0.643. The average Bonchev–Trinajstić information content (AvgIpc) is 2.80. The van der Waals surface area contributed by atoms with Crippen LogP contribution in [0.1, 0.15) is 36.8 Å². The number of rotatable bonds is 6. The topological polar surface area (TPSA) is 83.7 Å². The summed E-state index contributed by atoms with van der Waals surface area (Å²) in [5.74, 6) is 1.44. The lowest BCUT2D eigenvalue weighted by molar-refractivity contribution is -0.0291. The maximum absolute atomic E-state index is 11.9. The van der Waals surface area contributed by atoms with Crippen molar-refractivity contribution >= 4 is 6.03 Å². The third kappa shape index (κ3) is 3.74. The molecule has 0 spiro atoms. The number of methoxy groups -OCH3 is 1. The molecule has 1 saturated carbocycles. The molecule has 6 heteroatoms. The quantitative estimate of drug-likeness (QED) is 0.738. The van der Waals surface area contributed by atoms with Gasteiger partial charge in [-0.05, 0) is 38.3 Å². The van der Waals surface area contributed by atoms with E-state index < -0.39 is 5.60 Å². The average molecular weight is 282 g/mol. The van der Waals surface area contributed by atoms with Crippen LogP contribution in [-0.2, 0) is 4.74 Å². The van der Waals surface area contributed by atoms with Crippen LogP contribution in [0, 0.1) is 6.92 Å². The Morgan fingerprint density at radius 1 is 1.55 bits per heavy atom. The standard InChI is InChI=1S/C14H22N2O4/c1-10-4-5-12(20-10)11(8-19-2)16-13(17)15-9-14(18)6-3-7-14/h4-5,11,18H,3,6-9H2,1-2H3,(H2,15,16,17). The molecule has 6 nitrogen and oxygen atoms in total. The van der Waals surface area contributed by atoms with Crippen LogP contribution in [-0.4, -0.2) is 37.0 Å². The second-order valence-electron chi connectivity index (χ2n) is 5.36. The number of ether oxygens (including phenoxy) is 1. The van der Waals surface area contributed by atoms with Crippen LogP contribution in [0.3, 0.4) is 0 Å². The molecule has 0 aromatic carbocycles. The monoisotopic (exact) mass is 282 g/mol. The summed E-state index contributed by atoms with van der Waals surface area (Å²) in [5.41, 5.74) is -0.727. The molecule has 1 atom stereocenters. The van der Waals surface area contributed by atoms with Gasteiger partial charge < -0.3 is 24.9 Å². The van der Waals surface area contributed by atoms with E-state index in [9.17, 15) is 9.90 Å². The molecule has 0 saturated heterocycles. The maximum Gasteiger partial charge on any atom is 0.315 e. The van der Waals surface area contributed by atoms with Crippen molar-refractivity contribution in [3.8, 4) is 0 Å². The van der Waals surface area contributed by atoms with Crippen LogP contribution in [0.25, 0.3) is 0 Å². The van der Waals surface area contributed by atoms with Gasteiger partial charge in [-0.1, -0.05) is 0 Å². The van der Waals surface area contributed by atoms with Crippen molar-refractivity contribution in [2.75, 3.05) is 20.3 Å². The van der Waals surface area contributed by atoms with Crippen LogP contribution in [0.15, 0.2) is 16.5 Å². The van der Waals surface area contributed by atoms with E-state index in [4.69, 9.17) is 9.15 Å². The van der Waals surface area contributed by atoms with Gasteiger partial charge >= 0.3 is 6.03 Å². The molecule has 1 aromatic heterocycles. The summed E-state index contributed by atoms with van der Waals surface area (Å²) in [5, 5.41) is 15.4. The zero-order chi connectivity index (χ0) is 14.6. The number of carbonyl (C=O) groups excluding carboxylic acids is 1. The highest BCUT2D eigenvalue weighted by Crippen LogP contribution is 2.30. The van der Waals surface area contributed by atoms with Gasteiger partial charge in [0.1, 0.15) is 17.6 Å². The highest BCUT2D eigenvalue weighted by atomic mass is 16.5. The van der Waals surface area contributed by atoms with Crippen LogP contribution in [0.2, 0.25) is 0 Å². The molecule has 1 heterocycles. The molecule has 2 amide bonds. The van der Waals surface area contributed by atoms with Gasteiger partial charge in [-0.15, -0.1) is 0 Å². The first-order chi connectivity index (χ1) is 9.52. The Morgan fingerprint density at radius 2 is 2.30 bits per heavy atom. The van der Waals surface area contributed by atoms with Gasteiger partial charge in [0.25, 0.3) is 0 Å². The Morgan fingerprint density at radius 3 is 2.80 bits per heavy atom. The number of furan rings is 1. The smallest absolute Gasteiger partial charge is 0.315 e. The lowest BCUT2D eigenvalue weighted by Gasteiger charge is -2.36. The summed E-state index contributed by atoms with van der Waals surface area (Å²) >= 11 is 0. The van der Waals surface area contributed by atoms with E-state index in [1.54, 1.807) is 7.11 Å². The van der Waals surface area contributed by atoms with Gasteiger partial charge in [0, 0.05) is 13.7 Å². The van der Waals surface area contributed by atoms with E-state index in [1.165, 1.54) is 0 Å². The van der Waals surface area contributed by atoms with Gasteiger partial charge in [-0.25, -0.2) is 4.79 Å². The summed E-state index contributed by atoms with van der Waals surface area (Å²) in [7, 11) is 1.57. The van der Waals surface area contributed by atoms with Gasteiger partial charge in [-0.2, -0.15) is 0 Å². The number of aliphatic hydroxyl groups is 1. The molecule has 2 rings (SSSR count). The molecule has 1 unspecified atom stereocenters. The third-order valence-corrected chi connectivity index (χ3v) is 3.61. The highest BCUT2D eigenvalue weighted by molar-refractivity contribution is 5.74. The van der Waals surface area contributed by atoms with E-state index in [2.05, 4.69) is 10.6 Å². The molecule has 0 aliphatic heterocycles. The molecule has 1 fully saturated rings. The van der Waals surface area contributed by atoms with Gasteiger partial charge in [0.15, 0.2) is 0 Å². The SMILES string of the molecule is COCC(NC(=O)NCC1(O)CCC1)c1ccc(C)o1. The Labute approximate surface area is 118 Å². The summed E-state index contributed by atoms with van der Waals surface area (Å²) < 4.78 is 10.6. The van der Waals surface area contributed by atoms with Gasteiger partial charge in [0.2, 0.25) is 0 Å². The Bertz CT molecular complexity index is 454. The molecule has 3 N–H and O–H groups in total. The fourth-order valence-corrected chi connectivity index (χ4v) is 2.22. The molecule has 112 valence electrons. The van der Waals surface area contributed by atoms with Gasteiger partial charge in [-0.3, -0.25) is 0 Å². The Balaban J connectivity index is 1.85. The van der Waals surface area contributed by atoms with Crippen molar-refractivity contribution < 1.29 is 19.1 Å². The number of urea groups is 1. The Kier molecular flexibility index (Phi) is 4.67. The minimum absolute atomic E-state index is 0.274. The number of carbonyl (C=O) groups is 1. The largest absolute Gasteiger partial charge is 0.464 e. The summed E-state index contributed by atoms with van der Waals surface area (Å²) in [6.45, 7) is 2.44. The Hall–Kier alpha value is -1.53. The lowest BCUT2D eigenvalue weighted by Crippen LogP contribution is -2.50. The van der Waals surface area contributed by atoms with Crippen LogP contribution >= 0.6 is 0 Å². The minimum atomic E-state index is -0.727. The van der Waals surface area contributed by atoms with Crippen LogP contribution < -0.4 is 10.6 Å². The second kappa shape index (κ2) is 6.28. The van der Waals surface area contributed by atoms with E-state index in [0.29, 0.717) is 12.4 Å². The predicted molar refractivity (Wildman–Crippen MR) is 73.4 cm³/mol. The molecule has 0 radical (unpaired) electrons. The van der Waals surface area contributed by atoms with E-state index in [0.717, 1.165) is 25.0 Å². The van der Waals surface area contributed by atoms with Crippen molar-refractivity contribution in [2.45, 2.75) is 37.8 Å². The van der Waals surface area contributed by atoms with Gasteiger partial charge in [0.05, 0.1) is 12.2 Å². The fourth-order valence-electron chi connectivity index (χ4n) is 2.22. The number of amides is 2. The zero-order valence-corrected chi connectivity index (χ0v) is 11.9. The predicted octanol–water partition coefficient (Wildman–Crippen LogP) is 1.49. The zero-order valence-electron chi connectivity index (χ0n) is 11.9. The molecule has 20 heavy (non-hydrogen) atoms. The first-order valence-corrected chi connectivity index (χ1v) is 6.84. The molecule has 0 bridgehead atoms. The molecule has 1 aliphatic carbocycles. The number of aryl methyl sites for hydroxylation is 1. The maximum atomic E-state index is 11.9. The van der Waals surface area contributed by atoms with Crippen molar-refractivity contribution in [2.24, 2.45) is 0 Å². The molecular formula is C14H22N2O4. The highest BCUT2D eigenvalue weighted by Gasteiger charge is 2.34. The van der Waals surface area contributed by atoms with E-state index in [-0.39, 0.29) is 18.6 Å². The first kappa shape index (κ1) is 14.9. The summed E-state index contributed by atoms with van der Waals surface area (Å²) in [4.78, 5) is 11.9. The van der Waals surface area contributed by atoms with E-state index in [1.807, 2.05) is 19.1 Å². The number of hydrogen-bond acceptors (Lipinski definition) is 4. The molecule has 1 aromatic rings. The second-order valence-corrected chi connectivity index (χ2v) is 5.36. The van der Waals surface area contributed by atoms with E-state index >= 15 is 0 Å². The first-order valence-electron chi connectivity index (χ1n) is 6.84. The van der Waals surface area contributed by atoms with Crippen LogP contribution in [0.4, 0.5) is 4.79 Å². The minimum Gasteiger partial charge on any atom is -0.464 e. The number of nitrogens with one attached hydrogen (secondary N) is 2. The normalized spacial score (nSPS) is 18.1. The number of hydrogen-bond donors (Lipinski definition) is 3. The van der Waals surface area contributed by atoms with Crippen molar-refractivity contribution in [1.29, 1.82) is 0 Å². The summed E-state index contributed by atoms with van der Waals surface area (Å²) in [6.07, 6.45) is 2.50. The summed E-state index contributed by atoms with van der Waals surface area (Å²) in [6, 6.07) is 2.99. The lowest BCUT2D eigenvalue weighted by atomic mass is 9.80. The van der Waals surface area contributed by atoms with Crippen molar-refractivity contribution in [1.82, 2.24) is 10.6 Å². The molecule has 1 aliphatic rings. The molecular weight excluding hydrogens is 260 g/mol. The third-order valence-electron chi connectivity index (χ3n) is 3.61. The van der Waals surface area contributed by atoms with Crippen LogP contribution in [0.5, 0.6) is 0 Å². The van der Waals surface area contributed by atoms with Crippen molar-refractivity contribution in [3.63, 3.8) is 0 Å².